The molecule has 0 aliphatic heterocycles. The van der Waals surface area contributed by atoms with Gasteiger partial charge in [0, 0.05) is 12.1 Å². The number of aryl methyl sites for hydroxylation is 1. The lowest BCUT2D eigenvalue weighted by molar-refractivity contribution is 0.0950. The lowest BCUT2D eigenvalue weighted by Crippen LogP contribution is -2.22. The largest absolute Gasteiger partial charge is 0.493 e. The number of amides is 1. The van der Waals surface area contributed by atoms with Gasteiger partial charge >= 0.3 is 0 Å². The molecule has 0 aromatic heterocycles. The van der Waals surface area contributed by atoms with Crippen LogP contribution in [0.15, 0.2) is 42.5 Å². The van der Waals surface area contributed by atoms with Crippen molar-refractivity contribution in [2.24, 2.45) is 0 Å². The van der Waals surface area contributed by atoms with Gasteiger partial charge in [-0.1, -0.05) is 29.8 Å². The van der Waals surface area contributed by atoms with Crippen molar-refractivity contribution >= 4 is 5.91 Å². The SMILES string of the molecule is COc1cc(C(=O)NCc2ccc(C)cc2)ccc1OC(C)C. The summed E-state index contributed by atoms with van der Waals surface area (Å²) in [6.45, 7) is 6.42. The molecule has 4 nitrogen and oxygen atoms in total. The number of methoxy groups -OCH3 is 1. The minimum Gasteiger partial charge on any atom is -0.493 e. The van der Waals surface area contributed by atoms with Gasteiger partial charge in [0.1, 0.15) is 0 Å². The van der Waals surface area contributed by atoms with E-state index in [2.05, 4.69) is 5.32 Å². The molecular formula is C19H23NO3. The van der Waals surface area contributed by atoms with E-state index in [0.717, 1.165) is 5.56 Å². The Hall–Kier alpha value is -2.49. The van der Waals surface area contributed by atoms with Crippen molar-refractivity contribution in [1.29, 1.82) is 0 Å². The summed E-state index contributed by atoms with van der Waals surface area (Å²) in [5.74, 6) is 1.05. The normalized spacial score (nSPS) is 10.5. The Bertz CT molecular complexity index is 663. The third-order valence-electron chi connectivity index (χ3n) is 3.36. The van der Waals surface area contributed by atoms with Crippen molar-refractivity contribution < 1.29 is 14.3 Å². The topological polar surface area (TPSA) is 47.6 Å². The molecule has 1 N–H and O–H groups in total. The van der Waals surface area contributed by atoms with Gasteiger partial charge in [0.25, 0.3) is 5.91 Å². The molecule has 2 rings (SSSR count). The van der Waals surface area contributed by atoms with Gasteiger partial charge in [0.15, 0.2) is 11.5 Å². The quantitative estimate of drug-likeness (QED) is 0.884. The third-order valence-corrected chi connectivity index (χ3v) is 3.36. The van der Waals surface area contributed by atoms with E-state index in [1.807, 2.05) is 45.0 Å². The smallest absolute Gasteiger partial charge is 0.251 e. The van der Waals surface area contributed by atoms with Crippen LogP contribution in [0.2, 0.25) is 0 Å². The summed E-state index contributed by atoms with van der Waals surface area (Å²) >= 11 is 0. The first-order valence-corrected chi connectivity index (χ1v) is 7.68. The second-order valence-electron chi connectivity index (χ2n) is 5.70. The van der Waals surface area contributed by atoms with Gasteiger partial charge in [-0.15, -0.1) is 0 Å². The van der Waals surface area contributed by atoms with Crippen LogP contribution in [0, 0.1) is 6.92 Å². The van der Waals surface area contributed by atoms with Crippen LogP contribution in [-0.4, -0.2) is 19.1 Å². The first kappa shape index (κ1) is 16.9. The highest BCUT2D eigenvalue weighted by Crippen LogP contribution is 2.28. The van der Waals surface area contributed by atoms with Crippen LogP contribution in [0.4, 0.5) is 0 Å². The average molecular weight is 313 g/mol. The predicted molar refractivity (Wildman–Crippen MR) is 91.1 cm³/mol. The molecule has 1 amide bonds. The van der Waals surface area contributed by atoms with Gasteiger partial charge in [-0.3, -0.25) is 4.79 Å². The molecule has 2 aromatic carbocycles. The second kappa shape index (κ2) is 7.68. The molecule has 0 fully saturated rings. The molecule has 0 unspecified atom stereocenters. The standard InChI is InChI=1S/C19H23NO3/c1-13(2)23-17-10-9-16(11-18(17)22-4)19(21)20-12-15-7-5-14(3)6-8-15/h5-11,13H,12H2,1-4H3,(H,20,21). The van der Waals surface area contributed by atoms with Crippen LogP contribution in [0.25, 0.3) is 0 Å². The Morgan fingerprint density at radius 2 is 1.78 bits per heavy atom. The Balaban J connectivity index is 2.05. The average Bonchev–Trinajstić information content (AvgIpc) is 2.54. The van der Waals surface area contributed by atoms with Gasteiger partial charge in [-0.05, 0) is 44.5 Å². The fourth-order valence-corrected chi connectivity index (χ4v) is 2.15. The Kier molecular flexibility index (Phi) is 5.63. The van der Waals surface area contributed by atoms with E-state index in [1.165, 1.54) is 5.56 Å². The Morgan fingerprint density at radius 3 is 2.39 bits per heavy atom. The fraction of sp³-hybridized carbons (Fsp3) is 0.316. The molecule has 0 spiro atoms. The number of ether oxygens (including phenoxy) is 2. The van der Waals surface area contributed by atoms with Gasteiger partial charge in [0.2, 0.25) is 0 Å². The fourth-order valence-electron chi connectivity index (χ4n) is 2.15. The number of rotatable bonds is 6. The molecule has 0 bridgehead atoms. The summed E-state index contributed by atoms with van der Waals surface area (Å²) in [7, 11) is 1.57. The van der Waals surface area contributed by atoms with Crippen LogP contribution in [0.3, 0.4) is 0 Å². The lowest BCUT2D eigenvalue weighted by atomic mass is 10.1. The summed E-state index contributed by atoms with van der Waals surface area (Å²) in [5.41, 5.74) is 2.81. The van der Waals surface area contributed by atoms with Crippen LogP contribution in [-0.2, 0) is 6.54 Å². The minimum atomic E-state index is -0.139. The van der Waals surface area contributed by atoms with Crippen LogP contribution in [0.5, 0.6) is 11.5 Å². The maximum absolute atomic E-state index is 12.3. The van der Waals surface area contributed by atoms with Crippen LogP contribution in [0.1, 0.15) is 35.3 Å². The van der Waals surface area contributed by atoms with Gasteiger partial charge in [-0.2, -0.15) is 0 Å². The number of carbonyl (C=O) groups excluding carboxylic acids is 1. The van der Waals surface area contributed by atoms with Crippen molar-refractivity contribution in [3.05, 3.63) is 59.2 Å². The molecule has 4 heteroatoms. The first-order valence-electron chi connectivity index (χ1n) is 7.68. The molecule has 2 aromatic rings. The zero-order chi connectivity index (χ0) is 16.8. The zero-order valence-electron chi connectivity index (χ0n) is 14.1. The van der Waals surface area contributed by atoms with Gasteiger partial charge in [-0.25, -0.2) is 0 Å². The van der Waals surface area contributed by atoms with Gasteiger partial charge < -0.3 is 14.8 Å². The summed E-state index contributed by atoms with van der Waals surface area (Å²) < 4.78 is 11.0. The van der Waals surface area contributed by atoms with Crippen molar-refractivity contribution in [3.63, 3.8) is 0 Å². The monoisotopic (exact) mass is 313 g/mol. The summed E-state index contributed by atoms with van der Waals surface area (Å²) in [4.78, 5) is 12.3. The van der Waals surface area contributed by atoms with E-state index in [4.69, 9.17) is 9.47 Å². The van der Waals surface area contributed by atoms with E-state index in [0.29, 0.717) is 23.6 Å². The summed E-state index contributed by atoms with van der Waals surface area (Å²) in [6, 6.07) is 13.3. The molecule has 0 saturated heterocycles. The number of carbonyl (C=O) groups is 1. The summed E-state index contributed by atoms with van der Waals surface area (Å²) in [6.07, 6.45) is 0.0464. The molecule has 0 aliphatic rings. The van der Waals surface area contributed by atoms with Crippen LogP contribution >= 0.6 is 0 Å². The van der Waals surface area contributed by atoms with Crippen molar-refractivity contribution in [1.82, 2.24) is 5.32 Å². The molecule has 122 valence electrons. The van der Waals surface area contributed by atoms with E-state index in [9.17, 15) is 4.79 Å². The van der Waals surface area contributed by atoms with Crippen LogP contribution < -0.4 is 14.8 Å². The zero-order valence-corrected chi connectivity index (χ0v) is 14.1. The number of nitrogens with one attached hydrogen (secondary N) is 1. The molecule has 0 saturated carbocycles. The minimum absolute atomic E-state index is 0.0464. The van der Waals surface area contributed by atoms with E-state index < -0.39 is 0 Å². The first-order chi connectivity index (χ1) is 11.0. The van der Waals surface area contributed by atoms with E-state index >= 15 is 0 Å². The number of hydrogen-bond donors (Lipinski definition) is 1. The predicted octanol–water partition coefficient (Wildman–Crippen LogP) is 3.72. The highest BCUT2D eigenvalue weighted by molar-refractivity contribution is 5.94. The van der Waals surface area contributed by atoms with Crippen molar-refractivity contribution in [2.75, 3.05) is 7.11 Å². The maximum Gasteiger partial charge on any atom is 0.251 e. The molecule has 0 aliphatic carbocycles. The third kappa shape index (κ3) is 4.74. The van der Waals surface area contributed by atoms with Crippen molar-refractivity contribution in [3.8, 4) is 11.5 Å². The lowest BCUT2D eigenvalue weighted by Gasteiger charge is -2.14. The van der Waals surface area contributed by atoms with E-state index in [-0.39, 0.29) is 12.0 Å². The van der Waals surface area contributed by atoms with Gasteiger partial charge in [0.05, 0.1) is 13.2 Å². The molecule has 23 heavy (non-hydrogen) atoms. The number of hydrogen-bond acceptors (Lipinski definition) is 3. The molecule has 0 radical (unpaired) electrons. The van der Waals surface area contributed by atoms with E-state index in [1.54, 1.807) is 25.3 Å². The number of benzene rings is 2. The Labute approximate surface area is 137 Å². The summed E-state index contributed by atoms with van der Waals surface area (Å²) in [5, 5.41) is 2.91. The second-order valence-corrected chi connectivity index (χ2v) is 5.70. The maximum atomic E-state index is 12.3. The molecule has 0 atom stereocenters. The molecule has 0 heterocycles. The highest BCUT2D eigenvalue weighted by atomic mass is 16.5. The molecular weight excluding hydrogens is 290 g/mol. The van der Waals surface area contributed by atoms with Crippen molar-refractivity contribution in [2.45, 2.75) is 33.4 Å². The highest BCUT2D eigenvalue weighted by Gasteiger charge is 2.12. The Morgan fingerprint density at radius 1 is 1.09 bits per heavy atom.